The Hall–Kier alpha value is -3.52. The summed E-state index contributed by atoms with van der Waals surface area (Å²) in [6.45, 7) is 4.55. The SMILES string of the molecule is C=C(COc1cc2cc(-c3ccccc3)ccc2cc1OC)c1ccccc1. The Kier molecular flexibility index (Phi) is 5.11. The molecule has 2 nitrogen and oxygen atoms in total. The van der Waals surface area contributed by atoms with Crippen LogP contribution >= 0.6 is 0 Å². The molecule has 2 heteroatoms. The first-order valence-corrected chi connectivity index (χ1v) is 9.28. The third-order valence-electron chi connectivity index (χ3n) is 4.81. The van der Waals surface area contributed by atoms with E-state index in [0.717, 1.165) is 33.4 Å². The van der Waals surface area contributed by atoms with Crippen LogP contribution in [0.1, 0.15) is 5.56 Å². The summed E-state index contributed by atoms with van der Waals surface area (Å²) < 4.78 is 11.6. The van der Waals surface area contributed by atoms with Gasteiger partial charge in [-0.1, -0.05) is 79.4 Å². The molecule has 0 amide bonds. The van der Waals surface area contributed by atoms with E-state index in [1.54, 1.807) is 7.11 Å². The molecule has 0 atom stereocenters. The minimum absolute atomic E-state index is 0.407. The Morgan fingerprint density at radius 1 is 0.714 bits per heavy atom. The molecule has 0 spiro atoms. The number of hydrogen-bond donors (Lipinski definition) is 0. The standard InChI is InChI=1S/C26H22O2/c1-19(20-9-5-3-6-10-20)18-28-26-17-24-15-22(21-11-7-4-8-12-21)13-14-23(24)16-25(26)27-2/h3-17H,1,18H2,2H3. The number of methoxy groups -OCH3 is 1. The van der Waals surface area contributed by atoms with Gasteiger partial charge in [0.05, 0.1) is 7.11 Å². The van der Waals surface area contributed by atoms with Crippen LogP contribution in [0.2, 0.25) is 0 Å². The highest BCUT2D eigenvalue weighted by Gasteiger charge is 2.09. The van der Waals surface area contributed by atoms with Crippen LogP contribution in [0.15, 0.2) is 97.6 Å². The Labute approximate surface area is 165 Å². The molecular weight excluding hydrogens is 344 g/mol. The van der Waals surface area contributed by atoms with E-state index < -0.39 is 0 Å². The van der Waals surface area contributed by atoms with Crippen molar-refractivity contribution >= 4 is 16.3 Å². The van der Waals surface area contributed by atoms with Gasteiger partial charge < -0.3 is 9.47 Å². The largest absolute Gasteiger partial charge is 0.493 e. The molecule has 0 heterocycles. The van der Waals surface area contributed by atoms with Crippen LogP contribution in [-0.2, 0) is 0 Å². The van der Waals surface area contributed by atoms with Crippen molar-refractivity contribution in [2.24, 2.45) is 0 Å². The van der Waals surface area contributed by atoms with E-state index in [-0.39, 0.29) is 0 Å². The highest BCUT2D eigenvalue weighted by molar-refractivity contribution is 5.90. The predicted octanol–water partition coefficient (Wildman–Crippen LogP) is 6.61. The lowest BCUT2D eigenvalue weighted by Crippen LogP contribution is -2.01. The lowest BCUT2D eigenvalue weighted by atomic mass is 10.0. The first-order valence-electron chi connectivity index (χ1n) is 9.28. The van der Waals surface area contributed by atoms with Crippen molar-refractivity contribution in [1.82, 2.24) is 0 Å². The highest BCUT2D eigenvalue weighted by Crippen LogP contribution is 2.35. The van der Waals surface area contributed by atoms with Gasteiger partial charge in [0.25, 0.3) is 0 Å². The van der Waals surface area contributed by atoms with Crippen LogP contribution in [-0.4, -0.2) is 13.7 Å². The van der Waals surface area contributed by atoms with Gasteiger partial charge in [0.2, 0.25) is 0 Å². The topological polar surface area (TPSA) is 18.5 Å². The molecule has 0 bridgehead atoms. The van der Waals surface area contributed by atoms with Crippen molar-refractivity contribution in [3.8, 4) is 22.6 Å². The summed E-state index contributed by atoms with van der Waals surface area (Å²) in [5, 5.41) is 2.23. The number of benzene rings is 4. The molecule has 28 heavy (non-hydrogen) atoms. The van der Waals surface area contributed by atoms with Crippen molar-refractivity contribution in [2.75, 3.05) is 13.7 Å². The summed E-state index contributed by atoms with van der Waals surface area (Å²) >= 11 is 0. The molecule has 0 saturated carbocycles. The van der Waals surface area contributed by atoms with E-state index in [1.807, 2.05) is 48.5 Å². The van der Waals surface area contributed by atoms with Crippen LogP contribution in [0.4, 0.5) is 0 Å². The Morgan fingerprint density at radius 3 is 2.11 bits per heavy atom. The van der Waals surface area contributed by atoms with E-state index in [4.69, 9.17) is 9.47 Å². The first-order chi connectivity index (χ1) is 13.7. The average Bonchev–Trinajstić information content (AvgIpc) is 2.77. The molecule has 0 N–H and O–H groups in total. The first kappa shape index (κ1) is 17.9. The number of rotatable bonds is 6. The fourth-order valence-corrected chi connectivity index (χ4v) is 3.26. The fraction of sp³-hybridized carbons (Fsp3) is 0.0769. The zero-order valence-corrected chi connectivity index (χ0v) is 15.9. The van der Waals surface area contributed by atoms with Crippen LogP contribution < -0.4 is 9.47 Å². The summed E-state index contributed by atoms with van der Waals surface area (Å²) in [7, 11) is 1.67. The quantitative estimate of drug-likeness (QED) is 0.382. The number of ether oxygens (including phenoxy) is 2. The molecule has 0 radical (unpaired) electrons. The van der Waals surface area contributed by atoms with Crippen LogP contribution in [0, 0.1) is 0 Å². The second-order valence-corrected chi connectivity index (χ2v) is 6.69. The van der Waals surface area contributed by atoms with Crippen molar-refractivity contribution in [3.05, 3.63) is 103 Å². The van der Waals surface area contributed by atoms with E-state index >= 15 is 0 Å². The van der Waals surface area contributed by atoms with Crippen LogP contribution in [0.5, 0.6) is 11.5 Å². The van der Waals surface area contributed by atoms with Gasteiger partial charge in [-0.25, -0.2) is 0 Å². The van der Waals surface area contributed by atoms with Crippen molar-refractivity contribution in [3.63, 3.8) is 0 Å². The minimum atomic E-state index is 0.407. The molecule has 0 fully saturated rings. The molecular formula is C26H22O2. The Bertz CT molecular complexity index is 1100. The normalized spacial score (nSPS) is 10.6. The molecule has 4 aromatic rings. The summed E-state index contributed by atoms with van der Waals surface area (Å²) in [4.78, 5) is 0. The maximum Gasteiger partial charge on any atom is 0.162 e. The minimum Gasteiger partial charge on any atom is -0.493 e. The lowest BCUT2D eigenvalue weighted by Gasteiger charge is -2.14. The number of hydrogen-bond acceptors (Lipinski definition) is 2. The second kappa shape index (κ2) is 8.01. The van der Waals surface area contributed by atoms with Crippen molar-refractivity contribution in [1.29, 1.82) is 0 Å². The van der Waals surface area contributed by atoms with Crippen LogP contribution in [0.3, 0.4) is 0 Å². The third kappa shape index (κ3) is 3.77. The van der Waals surface area contributed by atoms with Gasteiger partial charge in [0.15, 0.2) is 11.5 Å². The number of fused-ring (bicyclic) bond motifs is 1. The Morgan fingerprint density at radius 2 is 1.39 bits per heavy atom. The average molecular weight is 366 g/mol. The summed E-state index contributed by atoms with van der Waals surface area (Å²) in [6, 6.07) is 30.9. The fourth-order valence-electron chi connectivity index (χ4n) is 3.26. The summed E-state index contributed by atoms with van der Waals surface area (Å²) in [5.74, 6) is 1.44. The molecule has 0 aliphatic heterocycles. The van der Waals surface area contributed by atoms with Gasteiger partial charge >= 0.3 is 0 Å². The second-order valence-electron chi connectivity index (χ2n) is 6.69. The molecule has 0 aliphatic rings. The van der Waals surface area contributed by atoms with Gasteiger partial charge in [-0.3, -0.25) is 0 Å². The highest BCUT2D eigenvalue weighted by atomic mass is 16.5. The van der Waals surface area contributed by atoms with E-state index in [0.29, 0.717) is 6.61 Å². The van der Waals surface area contributed by atoms with Crippen molar-refractivity contribution < 1.29 is 9.47 Å². The molecule has 4 aromatic carbocycles. The molecule has 4 rings (SSSR count). The predicted molar refractivity (Wildman–Crippen MR) is 117 cm³/mol. The Balaban J connectivity index is 1.64. The van der Waals surface area contributed by atoms with E-state index in [9.17, 15) is 0 Å². The molecule has 138 valence electrons. The molecule has 0 saturated heterocycles. The summed E-state index contributed by atoms with van der Waals surface area (Å²) in [6.07, 6.45) is 0. The zero-order valence-electron chi connectivity index (χ0n) is 15.9. The smallest absolute Gasteiger partial charge is 0.162 e. The van der Waals surface area contributed by atoms with E-state index in [2.05, 4.69) is 49.0 Å². The van der Waals surface area contributed by atoms with Gasteiger partial charge in [-0.2, -0.15) is 0 Å². The maximum atomic E-state index is 6.07. The van der Waals surface area contributed by atoms with E-state index in [1.165, 1.54) is 11.1 Å². The third-order valence-corrected chi connectivity index (χ3v) is 4.81. The zero-order chi connectivity index (χ0) is 19.3. The molecule has 0 aliphatic carbocycles. The molecule has 0 aromatic heterocycles. The van der Waals surface area contributed by atoms with Gasteiger partial charge in [-0.15, -0.1) is 0 Å². The van der Waals surface area contributed by atoms with Crippen molar-refractivity contribution in [2.45, 2.75) is 0 Å². The van der Waals surface area contributed by atoms with Gasteiger partial charge in [-0.05, 0) is 51.2 Å². The van der Waals surface area contributed by atoms with Crippen LogP contribution in [0.25, 0.3) is 27.5 Å². The summed E-state index contributed by atoms with van der Waals surface area (Å²) in [5.41, 5.74) is 4.38. The van der Waals surface area contributed by atoms with Gasteiger partial charge in [0, 0.05) is 0 Å². The lowest BCUT2D eigenvalue weighted by molar-refractivity contribution is 0.331. The maximum absolute atomic E-state index is 6.07. The monoisotopic (exact) mass is 366 g/mol. The van der Waals surface area contributed by atoms with Gasteiger partial charge in [0.1, 0.15) is 6.61 Å². The molecule has 0 unspecified atom stereocenters.